The molecule has 1 aromatic heterocycles. The second-order valence-corrected chi connectivity index (χ2v) is 4.24. The summed E-state index contributed by atoms with van der Waals surface area (Å²) in [5.74, 6) is -1.24. The van der Waals surface area contributed by atoms with Gasteiger partial charge in [0.15, 0.2) is 12.1 Å². The number of alkyl halides is 2. The third-order valence-electron chi connectivity index (χ3n) is 2.60. The highest BCUT2D eigenvalue weighted by Gasteiger charge is 2.20. The molecule has 0 aliphatic heterocycles. The molecule has 2 rings (SSSR count). The molecule has 20 heavy (non-hydrogen) atoms. The Kier molecular flexibility index (Phi) is 3.67. The first-order valence-corrected chi connectivity index (χ1v) is 5.65. The van der Waals surface area contributed by atoms with Crippen LogP contribution in [0.15, 0.2) is 16.9 Å². The maximum absolute atomic E-state index is 13.8. The zero-order valence-electron chi connectivity index (χ0n) is 9.98. The van der Waals surface area contributed by atoms with E-state index < -0.39 is 23.7 Å². The fourth-order valence-electron chi connectivity index (χ4n) is 1.66. The summed E-state index contributed by atoms with van der Waals surface area (Å²) in [6.45, 7) is -1.92. The van der Waals surface area contributed by atoms with Crippen LogP contribution in [0.2, 0.25) is 5.02 Å². The van der Waals surface area contributed by atoms with Gasteiger partial charge >= 0.3 is 12.2 Å². The van der Waals surface area contributed by atoms with Crippen molar-refractivity contribution in [3.8, 4) is 5.69 Å². The molecule has 0 aliphatic rings. The molecule has 0 spiro atoms. The SMILES string of the molecule is Cc1nn(-c2cc(C=O)c(Cl)cc2F)c(=O)n1C(F)F. The highest BCUT2D eigenvalue weighted by molar-refractivity contribution is 6.33. The van der Waals surface area contributed by atoms with E-state index in [-0.39, 0.29) is 21.0 Å². The molecular formula is C11H7ClF3N3O2. The van der Waals surface area contributed by atoms with Gasteiger partial charge < -0.3 is 0 Å². The average molecular weight is 306 g/mol. The number of halogens is 4. The smallest absolute Gasteiger partial charge is 0.298 e. The molecule has 1 aromatic carbocycles. The number of nitrogens with zero attached hydrogens (tertiary/aromatic N) is 3. The molecule has 0 fully saturated rings. The third kappa shape index (κ3) is 2.22. The van der Waals surface area contributed by atoms with E-state index in [9.17, 15) is 22.8 Å². The van der Waals surface area contributed by atoms with Gasteiger partial charge in [-0.3, -0.25) is 4.79 Å². The minimum atomic E-state index is -3.10. The normalized spacial score (nSPS) is 11.1. The van der Waals surface area contributed by atoms with Gasteiger partial charge in [-0.2, -0.15) is 13.5 Å². The molecule has 1 heterocycles. The summed E-state index contributed by atoms with van der Waals surface area (Å²) >= 11 is 5.61. The van der Waals surface area contributed by atoms with Gasteiger partial charge in [-0.05, 0) is 19.1 Å². The van der Waals surface area contributed by atoms with Crippen LogP contribution >= 0.6 is 11.6 Å². The number of rotatable bonds is 3. The fourth-order valence-corrected chi connectivity index (χ4v) is 1.86. The maximum Gasteiger partial charge on any atom is 0.355 e. The van der Waals surface area contributed by atoms with Gasteiger partial charge in [0.1, 0.15) is 11.5 Å². The minimum absolute atomic E-state index is 0.0841. The summed E-state index contributed by atoms with van der Waals surface area (Å²) in [4.78, 5) is 22.5. The molecule has 0 amide bonds. The number of aldehydes is 1. The van der Waals surface area contributed by atoms with E-state index in [0.29, 0.717) is 11.0 Å². The van der Waals surface area contributed by atoms with Crippen molar-refractivity contribution in [3.63, 3.8) is 0 Å². The van der Waals surface area contributed by atoms with Crippen LogP contribution in [0.1, 0.15) is 22.7 Å². The summed E-state index contributed by atoms with van der Waals surface area (Å²) in [6, 6.07) is 1.78. The number of hydrogen-bond donors (Lipinski definition) is 0. The molecular weight excluding hydrogens is 299 g/mol. The topological polar surface area (TPSA) is 56.9 Å². The summed E-state index contributed by atoms with van der Waals surface area (Å²) in [7, 11) is 0. The van der Waals surface area contributed by atoms with Crippen LogP contribution < -0.4 is 5.69 Å². The monoisotopic (exact) mass is 305 g/mol. The molecule has 0 bridgehead atoms. The number of carbonyl (C=O) groups excluding carboxylic acids is 1. The van der Waals surface area contributed by atoms with Crippen LogP contribution in [-0.2, 0) is 0 Å². The first-order chi connectivity index (χ1) is 9.36. The lowest BCUT2D eigenvalue weighted by atomic mass is 10.2. The van der Waals surface area contributed by atoms with E-state index in [2.05, 4.69) is 5.10 Å². The molecule has 0 aliphatic carbocycles. The molecule has 5 nitrogen and oxygen atoms in total. The van der Waals surface area contributed by atoms with Crippen molar-refractivity contribution < 1.29 is 18.0 Å². The van der Waals surface area contributed by atoms with Crippen LogP contribution in [0.3, 0.4) is 0 Å². The summed E-state index contributed by atoms with van der Waals surface area (Å²) in [5.41, 5.74) is -1.72. The second kappa shape index (κ2) is 5.12. The minimum Gasteiger partial charge on any atom is -0.298 e. The Bertz CT molecular complexity index is 739. The van der Waals surface area contributed by atoms with Crippen molar-refractivity contribution >= 4 is 17.9 Å². The molecule has 0 saturated heterocycles. The Labute approximate surface area is 115 Å². The Morgan fingerprint density at radius 2 is 2.05 bits per heavy atom. The molecule has 0 radical (unpaired) electrons. The maximum atomic E-state index is 13.8. The molecule has 0 unspecified atom stereocenters. The van der Waals surface area contributed by atoms with Crippen LogP contribution in [0.4, 0.5) is 13.2 Å². The van der Waals surface area contributed by atoms with Crippen molar-refractivity contribution in [1.29, 1.82) is 0 Å². The van der Waals surface area contributed by atoms with Crippen molar-refractivity contribution in [1.82, 2.24) is 14.3 Å². The fraction of sp³-hybridized carbons (Fsp3) is 0.182. The van der Waals surface area contributed by atoms with Crippen LogP contribution in [0.5, 0.6) is 0 Å². The van der Waals surface area contributed by atoms with Crippen molar-refractivity contribution in [2.24, 2.45) is 0 Å². The number of aryl methyl sites for hydroxylation is 1. The summed E-state index contributed by atoms with van der Waals surface area (Å²) in [6.07, 6.45) is 0.354. The zero-order valence-corrected chi connectivity index (χ0v) is 10.7. The van der Waals surface area contributed by atoms with Gasteiger partial charge in [0.2, 0.25) is 0 Å². The van der Waals surface area contributed by atoms with Gasteiger partial charge in [-0.1, -0.05) is 11.6 Å². The predicted octanol–water partition coefficient (Wildman–Crippen LogP) is 2.34. The van der Waals surface area contributed by atoms with Crippen LogP contribution in [-0.4, -0.2) is 20.6 Å². The molecule has 9 heteroatoms. The Hall–Kier alpha value is -2.09. The number of aromatic nitrogens is 3. The average Bonchev–Trinajstić information content (AvgIpc) is 2.65. The summed E-state index contributed by atoms with van der Waals surface area (Å²) < 4.78 is 39.7. The Morgan fingerprint density at radius 1 is 1.40 bits per heavy atom. The summed E-state index contributed by atoms with van der Waals surface area (Å²) in [5, 5.41) is 3.40. The quantitative estimate of drug-likeness (QED) is 0.818. The lowest BCUT2D eigenvalue weighted by molar-refractivity contribution is 0.0640. The lowest BCUT2D eigenvalue weighted by Gasteiger charge is -2.04. The zero-order chi connectivity index (χ0) is 15.0. The third-order valence-corrected chi connectivity index (χ3v) is 2.92. The van der Waals surface area contributed by atoms with E-state index in [0.717, 1.165) is 12.1 Å². The van der Waals surface area contributed by atoms with Crippen LogP contribution in [0, 0.1) is 12.7 Å². The molecule has 0 N–H and O–H groups in total. The number of carbonyl (C=O) groups is 1. The first-order valence-electron chi connectivity index (χ1n) is 5.27. The van der Waals surface area contributed by atoms with E-state index >= 15 is 0 Å². The largest absolute Gasteiger partial charge is 0.355 e. The van der Waals surface area contributed by atoms with E-state index in [1.54, 1.807) is 0 Å². The highest BCUT2D eigenvalue weighted by Crippen LogP contribution is 2.21. The van der Waals surface area contributed by atoms with Gasteiger partial charge in [0.25, 0.3) is 0 Å². The Balaban J connectivity index is 2.73. The number of hydrogen-bond acceptors (Lipinski definition) is 3. The molecule has 0 atom stereocenters. The second-order valence-electron chi connectivity index (χ2n) is 3.83. The van der Waals surface area contributed by atoms with E-state index in [1.165, 1.54) is 6.92 Å². The van der Waals surface area contributed by atoms with E-state index in [4.69, 9.17) is 11.6 Å². The highest BCUT2D eigenvalue weighted by atomic mass is 35.5. The number of benzene rings is 1. The van der Waals surface area contributed by atoms with Gasteiger partial charge in [-0.15, -0.1) is 5.10 Å². The standard InChI is InChI=1S/C11H7ClF3N3O2/c1-5-16-18(11(20)17(5)10(14)15)9-2-6(4-19)7(12)3-8(9)13/h2-4,10H,1H3. The predicted molar refractivity (Wildman–Crippen MR) is 64.2 cm³/mol. The molecule has 0 saturated carbocycles. The van der Waals surface area contributed by atoms with E-state index in [1.807, 2.05) is 0 Å². The van der Waals surface area contributed by atoms with Crippen molar-refractivity contribution in [2.45, 2.75) is 13.5 Å². The lowest BCUT2D eigenvalue weighted by Crippen LogP contribution is -2.25. The van der Waals surface area contributed by atoms with Gasteiger partial charge in [-0.25, -0.2) is 13.8 Å². The molecule has 106 valence electrons. The van der Waals surface area contributed by atoms with Gasteiger partial charge in [0.05, 0.1) is 5.02 Å². The van der Waals surface area contributed by atoms with Gasteiger partial charge in [0, 0.05) is 5.56 Å². The van der Waals surface area contributed by atoms with Crippen molar-refractivity contribution in [2.75, 3.05) is 0 Å². The van der Waals surface area contributed by atoms with Crippen LogP contribution in [0.25, 0.3) is 5.69 Å². The van der Waals surface area contributed by atoms with Crippen molar-refractivity contribution in [3.05, 3.63) is 44.8 Å². The Morgan fingerprint density at radius 3 is 2.55 bits per heavy atom. The first kappa shape index (κ1) is 14.3. The molecule has 2 aromatic rings.